The zero-order chi connectivity index (χ0) is 16.7. The van der Waals surface area contributed by atoms with Crippen molar-refractivity contribution in [3.05, 3.63) is 71.3 Å². The number of aliphatic hydroxyl groups is 1. The van der Waals surface area contributed by atoms with Crippen LogP contribution in [-0.4, -0.2) is 11.7 Å². The van der Waals surface area contributed by atoms with Crippen molar-refractivity contribution in [3.63, 3.8) is 0 Å². The Labute approximate surface area is 140 Å². The molecule has 2 heteroatoms. The molecule has 0 fully saturated rings. The van der Waals surface area contributed by atoms with Crippen LogP contribution in [0.4, 0.5) is 0 Å². The maximum Gasteiger partial charge on any atom is 0.0840 e. The highest BCUT2D eigenvalue weighted by atomic mass is 16.3. The molecule has 2 aromatic carbocycles. The van der Waals surface area contributed by atoms with Crippen molar-refractivity contribution in [2.24, 2.45) is 5.92 Å². The smallest absolute Gasteiger partial charge is 0.0840 e. The molecule has 0 aromatic heterocycles. The first kappa shape index (κ1) is 17.7. The first-order valence-corrected chi connectivity index (χ1v) is 8.51. The van der Waals surface area contributed by atoms with E-state index in [0.717, 1.165) is 25.1 Å². The quantitative estimate of drug-likeness (QED) is 0.714. The Morgan fingerprint density at radius 1 is 1.00 bits per heavy atom. The summed E-state index contributed by atoms with van der Waals surface area (Å²) in [5, 5.41) is 13.6. The van der Waals surface area contributed by atoms with Gasteiger partial charge in [-0.1, -0.05) is 61.5 Å². The van der Waals surface area contributed by atoms with Gasteiger partial charge < -0.3 is 10.4 Å². The molecule has 124 valence electrons. The Balaban J connectivity index is 1.73. The fourth-order valence-electron chi connectivity index (χ4n) is 2.76. The van der Waals surface area contributed by atoms with Crippen LogP contribution in [0.25, 0.3) is 0 Å². The number of rotatable bonds is 8. The lowest BCUT2D eigenvalue weighted by molar-refractivity contribution is 0.0785. The van der Waals surface area contributed by atoms with E-state index in [1.807, 2.05) is 26.0 Å². The van der Waals surface area contributed by atoms with Gasteiger partial charge in [-0.3, -0.25) is 0 Å². The zero-order valence-corrected chi connectivity index (χ0v) is 14.5. The van der Waals surface area contributed by atoms with E-state index in [2.05, 4.69) is 54.7 Å². The highest BCUT2D eigenvalue weighted by Crippen LogP contribution is 2.20. The summed E-state index contributed by atoms with van der Waals surface area (Å²) in [4.78, 5) is 0. The van der Waals surface area contributed by atoms with Gasteiger partial charge in [0.1, 0.15) is 0 Å². The van der Waals surface area contributed by atoms with E-state index in [4.69, 9.17) is 0 Å². The van der Waals surface area contributed by atoms with Crippen molar-refractivity contribution in [1.82, 2.24) is 5.32 Å². The van der Waals surface area contributed by atoms with Crippen LogP contribution in [-0.2, 0) is 18.6 Å². The Morgan fingerprint density at radius 3 is 2.39 bits per heavy atom. The summed E-state index contributed by atoms with van der Waals surface area (Å²) in [5.74, 6) is 0.674. The minimum atomic E-state index is -0.778. The summed E-state index contributed by atoms with van der Waals surface area (Å²) in [5.41, 5.74) is 2.83. The molecular formula is C21H29NO. The van der Waals surface area contributed by atoms with Gasteiger partial charge in [0.25, 0.3) is 0 Å². The SMILES string of the molecule is C[C@H](CCNCc1cccc(C(C)(C)O)c1)Cc1ccccc1. The predicted octanol–water partition coefficient (Wildman–Crippen LogP) is 4.27. The van der Waals surface area contributed by atoms with Gasteiger partial charge in [-0.2, -0.15) is 0 Å². The molecule has 0 aliphatic carbocycles. The zero-order valence-electron chi connectivity index (χ0n) is 14.5. The lowest BCUT2D eigenvalue weighted by atomic mass is 9.96. The lowest BCUT2D eigenvalue weighted by Gasteiger charge is -2.18. The second-order valence-electron chi connectivity index (χ2n) is 7.02. The van der Waals surface area contributed by atoms with E-state index in [9.17, 15) is 5.11 Å². The third-order valence-electron chi connectivity index (χ3n) is 4.20. The van der Waals surface area contributed by atoms with Crippen LogP contribution in [0.1, 0.15) is 43.9 Å². The molecule has 0 aliphatic rings. The molecule has 1 atom stereocenters. The summed E-state index contributed by atoms with van der Waals surface area (Å²) in [6, 6.07) is 18.9. The van der Waals surface area contributed by atoms with Gasteiger partial charge in [-0.15, -0.1) is 0 Å². The standard InChI is InChI=1S/C21H29NO/c1-17(14-18-8-5-4-6-9-18)12-13-22-16-19-10-7-11-20(15-19)21(2,3)23/h4-11,15,17,22-23H,12-14,16H2,1-3H3/t17-/m1/s1. The number of hydrogen-bond donors (Lipinski definition) is 2. The Morgan fingerprint density at radius 2 is 1.70 bits per heavy atom. The highest BCUT2D eigenvalue weighted by molar-refractivity contribution is 5.27. The van der Waals surface area contributed by atoms with Gasteiger partial charge in [0.15, 0.2) is 0 Å². The maximum atomic E-state index is 10.1. The maximum absolute atomic E-state index is 10.1. The summed E-state index contributed by atoms with van der Waals surface area (Å²) in [6.45, 7) is 7.82. The Kier molecular flexibility index (Phi) is 6.37. The van der Waals surface area contributed by atoms with Crippen molar-refractivity contribution in [2.75, 3.05) is 6.54 Å². The predicted molar refractivity (Wildman–Crippen MR) is 97.3 cm³/mol. The molecule has 0 amide bonds. The number of hydrogen-bond acceptors (Lipinski definition) is 2. The van der Waals surface area contributed by atoms with Crippen LogP contribution in [0.5, 0.6) is 0 Å². The van der Waals surface area contributed by atoms with Gasteiger partial charge in [-0.05, 0) is 55.8 Å². The van der Waals surface area contributed by atoms with Crippen LogP contribution in [0.3, 0.4) is 0 Å². The van der Waals surface area contributed by atoms with Gasteiger partial charge >= 0.3 is 0 Å². The fraction of sp³-hybridized carbons (Fsp3) is 0.429. The first-order valence-electron chi connectivity index (χ1n) is 8.51. The number of nitrogens with one attached hydrogen (secondary N) is 1. The van der Waals surface area contributed by atoms with E-state index in [0.29, 0.717) is 5.92 Å². The lowest BCUT2D eigenvalue weighted by Crippen LogP contribution is -2.19. The van der Waals surface area contributed by atoms with Crippen LogP contribution < -0.4 is 5.32 Å². The fourth-order valence-corrected chi connectivity index (χ4v) is 2.76. The average Bonchev–Trinajstić information content (AvgIpc) is 2.52. The molecule has 0 unspecified atom stereocenters. The summed E-state index contributed by atoms with van der Waals surface area (Å²) in [7, 11) is 0. The van der Waals surface area contributed by atoms with Crippen LogP contribution in [0, 0.1) is 5.92 Å². The Bertz CT molecular complexity index is 586. The molecule has 0 radical (unpaired) electrons. The first-order chi connectivity index (χ1) is 10.9. The molecule has 2 N–H and O–H groups in total. The molecule has 0 aliphatic heterocycles. The van der Waals surface area contributed by atoms with Crippen molar-refractivity contribution < 1.29 is 5.11 Å². The largest absolute Gasteiger partial charge is 0.386 e. The van der Waals surface area contributed by atoms with Gasteiger partial charge in [-0.25, -0.2) is 0 Å². The molecule has 0 bridgehead atoms. The molecular weight excluding hydrogens is 282 g/mol. The van der Waals surface area contributed by atoms with E-state index in [1.165, 1.54) is 17.5 Å². The Hall–Kier alpha value is -1.64. The topological polar surface area (TPSA) is 32.3 Å². The summed E-state index contributed by atoms with van der Waals surface area (Å²) in [6.07, 6.45) is 2.30. The molecule has 2 nitrogen and oxygen atoms in total. The minimum Gasteiger partial charge on any atom is -0.386 e. The molecule has 2 aromatic rings. The third-order valence-corrected chi connectivity index (χ3v) is 4.20. The molecule has 2 rings (SSSR count). The van der Waals surface area contributed by atoms with E-state index >= 15 is 0 Å². The molecule has 23 heavy (non-hydrogen) atoms. The molecule has 0 saturated heterocycles. The van der Waals surface area contributed by atoms with Crippen LogP contribution in [0.2, 0.25) is 0 Å². The van der Waals surface area contributed by atoms with Crippen molar-refractivity contribution >= 4 is 0 Å². The summed E-state index contributed by atoms with van der Waals surface area (Å²) >= 11 is 0. The van der Waals surface area contributed by atoms with Gasteiger partial charge in [0.2, 0.25) is 0 Å². The monoisotopic (exact) mass is 311 g/mol. The van der Waals surface area contributed by atoms with E-state index in [-0.39, 0.29) is 0 Å². The van der Waals surface area contributed by atoms with Gasteiger partial charge in [0.05, 0.1) is 5.60 Å². The third kappa shape index (κ3) is 6.17. The minimum absolute atomic E-state index is 0.674. The molecule has 0 heterocycles. The van der Waals surface area contributed by atoms with Crippen molar-refractivity contribution in [1.29, 1.82) is 0 Å². The second-order valence-corrected chi connectivity index (χ2v) is 7.02. The van der Waals surface area contributed by atoms with E-state index < -0.39 is 5.60 Å². The van der Waals surface area contributed by atoms with Crippen LogP contribution >= 0.6 is 0 Å². The highest BCUT2D eigenvalue weighted by Gasteiger charge is 2.15. The van der Waals surface area contributed by atoms with E-state index in [1.54, 1.807) is 0 Å². The second kappa shape index (κ2) is 8.28. The van der Waals surface area contributed by atoms with Gasteiger partial charge in [0, 0.05) is 6.54 Å². The van der Waals surface area contributed by atoms with Crippen molar-refractivity contribution in [3.8, 4) is 0 Å². The van der Waals surface area contributed by atoms with Crippen molar-refractivity contribution in [2.45, 2.75) is 45.8 Å². The molecule has 0 saturated carbocycles. The average molecular weight is 311 g/mol. The number of benzene rings is 2. The summed E-state index contributed by atoms with van der Waals surface area (Å²) < 4.78 is 0. The van der Waals surface area contributed by atoms with Crippen LogP contribution in [0.15, 0.2) is 54.6 Å². The normalized spacial score (nSPS) is 13.0. The molecule has 0 spiro atoms.